The average molecular weight is 503 g/mol. The van der Waals surface area contributed by atoms with Crippen LogP contribution < -0.4 is 4.90 Å². The summed E-state index contributed by atoms with van der Waals surface area (Å²) < 4.78 is 24.1. The zero-order valence-electron chi connectivity index (χ0n) is 19.1. The standard InChI is InChI=1S/C25H27FN4O2S.ClH/c1-29(25(31)23-20-7-2-3-8-22(20)33-28-23)13-5-4-6-17-11-14-30(15-12-17)24-19-10-9-18(26)16-21(19)32-27-24;/h2-3,7-10,16-17H,4-6,11-15H2,1H3;1H. The van der Waals surface area contributed by atoms with Crippen LogP contribution in [0, 0.1) is 11.7 Å². The van der Waals surface area contributed by atoms with Gasteiger partial charge in [0.25, 0.3) is 5.91 Å². The molecule has 34 heavy (non-hydrogen) atoms. The summed E-state index contributed by atoms with van der Waals surface area (Å²) >= 11 is 1.38. The Morgan fingerprint density at radius 3 is 2.79 bits per heavy atom. The van der Waals surface area contributed by atoms with E-state index in [1.807, 2.05) is 31.3 Å². The van der Waals surface area contributed by atoms with Gasteiger partial charge in [0.1, 0.15) is 11.5 Å². The molecule has 0 atom stereocenters. The quantitative estimate of drug-likeness (QED) is 0.283. The Bertz CT molecular complexity index is 1270. The molecule has 1 saturated heterocycles. The summed E-state index contributed by atoms with van der Waals surface area (Å²) in [5.41, 5.74) is 1.06. The Hall–Kier alpha value is -2.71. The number of carbonyl (C=O) groups is 1. The van der Waals surface area contributed by atoms with Gasteiger partial charge < -0.3 is 14.3 Å². The van der Waals surface area contributed by atoms with Crippen molar-refractivity contribution >= 4 is 56.7 Å². The van der Waals surface area contributed by atoms with Crippen molar-refractivity contribution in [3.05, 3.63) is 54.0 Å². The number of halogens is 2. The number of hydrogen-bond acceptors (Lipinski definition) is 6. The molecule has 0 saturated carbocycles. The lowest BCUT2D eigenvalue weighted by molar-refractivity contribution is 0.0789. The summed E-state index contributed by atoms with van der Waals surface area (Å²) in [5, 5.41) is 5.99. The van der Waals surface area contributed by atoms with Crippen LogP contribution in [0.5, 0.6) is 0 Å². The van der Waals surface area contributed by atoms with Gasteiger partial charge >= 0.3 is 0 Å². The van der Waals surface area contributed by atoms with Crippen LogP contribution in [0.15, 0.2) is 47.0 Å². The van der Waals surface area contributed by atoms with Crippen LogP contribution in [0.2, 0.25) is 0 Å². The number of nitrogens with zero attached hydrogens (tertiary/aromatic N) is 4. The molecule has 2 aromatic heterocycles. The molecule has 0 bridgehead atoms. The summed E-state index contributed by atoms with van der Waals surface area (Å²) in [7, 11) is 1.86. The van der Waals surface area contributed by atoms with Crippen LogP contribution in [-0.2, 0) is 0 Å². The van der Waals surface area contributed by atoms with Crippen LogP contribution >= 0.6 is 23.9 Å². The SMILES string of the molecule is CN(CCCCC1CCN(c2noc3cc(F)ccc23)CC1)C(=O)c1nsc2ccccc12.Cl. The predicted octanol–water partition coefficient (Wildman–Crippen LogP) is 6.16. The second-order valence-corrected chi connectivity index (χ2v) is 9.63. The predicted molar refractivity (Wildman–Crippen MR) is 137 cm³/mol. The molecule has 1 aliphatic rings. The molecule has 0 unspecified atom stereocenters. The first-order valence-corrected chi connectivity index (χ1v) is 12.3. The number of carbonyl (C=O) groups excluding carboxylic acids is 1. The summed E-state index contributed by atoms with van der Waals surface area (Å²) in [6.07, 6.45) is 5.47. The number of rotatable bonds is 7. The van der Waals surface area contributed by atoms with E-state index in [0.29, 0.717) is 17.2 Å². The Morgan fingerprint density at radius 2 is 1.97 bits per heavy atom. The highest BCUT2D eigenvalue weighted by molar-refractivity contribution is 7.13. The van der Waals surface area contributed by atoms with Crippen molar-refractivity contribution in [1.29, 1.82) is 0 Å². The Labute approximate surface area is 208 Å². The fourth-order valence-corrected chi connectivity index (χ4v) is 5.43. The highest BCUT2D eigenvalue weighted by Gasteiger charge is 2.23. The molecule has 1 aliphatic heterocycles. The number of benzene rings is 2. The van der Waals surface area contributed by atoms with Crippen LogP contribution in [0.1, 0.15) is 42.6 Å². The topological polar surface area (TPSA) is 62.5 Å². The molecule has 180 valence electrons. The van der Waals surface area contributed by atoms with E-state index in [0.717, 1.165) is 66.6 Å². The third-order valence-electron chi connectivity index (χ3n) is 6.61. The van der Waals surface area contributed by atoms with Crippen LogP contribution in [0.3, 0.4) is 0 Å². The molecule has 1 amide bonds. The lowest BCUT2D eigenvalue weighted by atomic mass is 9.91. The van der Waals surface area contributed by atoms with Gasteiger partial charge in [-0.25, -0.2) is 4.39 Å². The van der Waals surface area contributed by atoms with Crippen LogP contribution in [-0.4, -0.2) is 47.0 Å². The van der Waals surface area contributed by atoms with Crippen molar-refractivity contribution in [3.8, 4) is 0 Å². The maximum atomic E-state index is 13.4. The number of aromatic nitrogens is 2. The number of amides is 1. The van der Waals surface area contributed by atoms with Gasteiger partial charge in [0, 0.05) is 38.1 Å². The van der Waals surface area contributed by atoms with Crippen molar-refractivity contribution in [2.24, 2.45) is 5.92 Å². The highest BCUT2D eigenvalue weighted by Crippen LogP contribution is 2.31. The normalized spacial score (nSPS) is 14.5. The molecule has 0 spiro atoms. The summed E-state index contributed by atoms with van der Waals surface area (Å²) in [6, 6.07) is 12.5. The molecule has 3 heterocycles. The summed E-state index contributed by atoms with van der Waals surface area (Å²) in [4.78, 5) is 16.8. The van der Waals surface area contributed by atoms with E-state index in [9.17, 15) is 9.18 Å². The number of unbranched alkanes of at least 4 members (excludes halogenated alkanes) is 1. The lowest BCUT2D eigenvalue weighted by Crippen LogP contribution is -2.34. The van der Waals surface area contributed by atoms with Gasteiger partial charge in [0.05, 0.1) is 10.1 Å². The molecule has 5 rings (SSSR count). The third-order valence-corrected chi connectivity index (χ3v) is 7.44. The summed E-state index contributed by atoms with van der Waals surface area (Å²) in [6.45, 7) is 2.60. The minimum atomic E-state index is -0.309. The molecular formula is C25H28ClFN4O2S. The first kappa shape index (κ1) is 24.4. The maximum Gasteiger partial charge on any atom is 0.273 e. The molecule has 6 nitrogen and oxygen atoms in total. The maximum absolute atomic E-state index is 13.4. The number of anilines is 1. The monoisotopic (exact) mass is 502 g/mol. The fraction of sp³-hybridized carbons (Fsp3) is 0.400. The van der Waals surface area contributed by atoms with E-state index >= 15 is 0 Å². The van der Waals surface area contributed by atoms with Gasteiger partial charge in [-0.2, -0.15) is 4.37 Å². The van der Waals surface area contributed by atoms with E-state index in [-0.39, 0.29) is 24.1 Å². The molecule has 0 N–H and O–H groups in total. The highest BCUT2D eigenvalue weighted by atomic mass is 35.5. The number of fused-ring (bicyclic) bond motifs is 2. The minimum absolute atomic E-state index is 0. The Morgan fingerprint density at radius 1 is 1.18 bits per heavy atom. The first-order valence-electron chi connectivity index (χ1n) is 11.5. The Balaban J connectivity index is 0.00000274. The van der Waals surface area contributed by atoms with E-state index in [4.69, 9.17) is 4.52 Å². The number of hydrogen-bond donors (Lipinski definition) is 0. The molecule has 0 radical (unpaired) electrons. The minimum Gasteiger partial charge on any atom is -0.354 e. The number of piperidine rings is 1. The van der Waals surface area contributed by atoms with E-state index in [1.54, 1.807) is 11.0 Å². The lowest BCUT2D eigenvalue weighted by Gasteiger charge is -2.32. The fourth-order valence-electron chi connectivity index (χ4n) is 4.66. The second-order valence-electron chi connectivity index (χ2n) is 8.83. The van der Waals surface area contributed by atoms with Gasteiger partial charge in [0.2, 0.25) is 0 Å². The van der Waals surface area contributed by atoms with Crippen molar-refractivity contribution in [1.82, 2.24) is 14.4 Å². The van der Waals surface area contributed by atoms with Gasteiger partial charge in [-0.1, -0.05) is 36.2 Å². The zero-order chi connectivity index (χ0) is 22.8. The van der Waals surface area contributed by atoms with Gasteiger partial charge in [-0.05, 0) is 54.9 Å². The van der Waals surface area contributed by atoms with Crippen molar-refractivity contribution in [2.45, 2.75) is 32.1 Å². The molecule has 9 heteroatoms. The van der Waals surface area contributed by atoms with Gasteiger partial charge in [-0.3, -0.25) is 4.79 Å². The molecule has 4 aromatic rings. The largest absolute Gasteiger partial charge is 0.354 e. The van der Waals surface area contributed by atoms with Crippen molar-refractivity contribution in [3.63, 3.8) is 0 Å². The van der Waals surface area contributed by atoms with E-state index in [2.05, 4.69) is 14.4 Å². The first-order chi connectivity index (χ1) is 16.1. The van der Waals surface area contributed by atoms with Crippen molar-refractivity contribution in [2.75, 3.05) is 31.6 Å². The zero-order valence-corrected chi connectivity index (χ0v) is 20.7. The second kappa shape index (κ2) is 10.7. The Kier molecular flexibility index (Phi) is 7.68. The molecule has 2 aromatic carbocycles. The summed E-state index contributed by atoms with van der Waals surface area (Å²) in [5.74, 6) is 1.19. The van der Waals surface area contributed by atoms with E-state index in [1.165, 1.54) is 30.1 Å². The van der Waals surface area contributed by atoms with E-state index < -0.39 is 0 Å². The molecular weight excluding hydrogens is 475 g/mol. The third kappa shape index (κ3) is 5.03. The average Bonchev–Trinajstić information content (AvgIpc) is 3.45. The molecule has 0 aliphatic carbocycles. The van der Waals surface area contributed by atoms with Gasteiger partial charge in [-0.15, -0.1) is 12.4 Å². The van der Waals surface area contributed by atoms with Crippen LogP contribution in [0.4, 0.5) is 10.2 Å². The van der Waals surface area contributed by atoms with Crippen molar-refractivity contribution < 1.29 is 13.7 Å². The molecule has 1 fully saturated rings. The van der Waals surface area contributed by atoms with Gasteiger partial charge in [0.15, 0.2) is 11.4 Å². The smallest absolute Gasteiger partial charge is 0.273 e. The van der Waals surface area contributed by atoms with Crippen LogP contribution in [0.25, 0.3) is 21.1 Å².